The van der Waals surface area contributed by atoms with Gasteiger partial charge in [-0.1, -0.05) is 19.9 Å². The molecule has 174 valence electrons. The Morgan fingerprint density at radius 2 is 2.00 bits per heavy atom. The topological polar surface area (TPSA) is 81.9 Å². The van der Waals surface area contributed by atoms with Gasteiger partial charge in [-0.05, 0) is 18.1 Å². The van der Waals surface area contributed by atoms with Gasteiger partial charge in [0.25, 0.3) is 0 Å². The molecule has 0 radical (unpaired) electrons. The first-order valence-corrected chi connectivity index (χ1v) is 11.3. The molecule has 9 nitrogen and oxygen atoms in total. The van der Waals surface area contributed by atoms with Crippen LogP contribution < -0.4 is 10.2 Å². The number of nitrogens with zero attached hydrogens (tertiary/aromatic N) is 7. The zero-order valence-corrected chi connectivity index (χ0v) is 20.0. The van der Waals surface area contributed by atoms with Crippen molar-refractivity contribution in [3.8, 4) is 0 Å². The number of carbonyl (C=O) groups is 1. The molecule has 0 atom stereocenters. The summed E-state index contributed by atoms with van der Waals surface area (Å²) in [6.45, 7) is 8.64. The van der Waals surface area contributed by atoms with E-state index in [0.29, 0.717) is 25.4 Å². The van der Waals surface area contributed by atoms with E-state index in [1.807, 2.05) is 41.9 Å². The fraction of sp³-hybridized carbons (Fsp3) is 0.565. The van der Waals surface area contributed by atoms with Crippen molar-refractivity contribution in [1.29, 1.82) is 0 Å². The quantitative estimate of drug-likeness (QED) is 0.521. The van der Waals surface area contributed by atoms with E-state index in [1.165, 1.54) is 5.56 Å². The average molecular weight is 441 g/mol. The van der Waals surface area contributed by atoms with Gasteiger partial charge in [0.1, 0.15) is 5.82 Å². The van der Waals surface area contributed by atoms with Crippen LogP contribution in [0.2, 0.25) is 0 Å². The number of anilines is 1. The molecule has 1 amide bonds. The second kappa shape index (κ2) is 11.0. The van der Waals surface area contributed by atoms with E-state index in [9.17, 15) is 4.79 Å². The number of aromatic nitrogens is 3. The van der Waals surface area contributed by atoms with Crippen molar-refractivity contribution in [3.63, 3.8) is 0 Å². The molecule has 1 aliphatic heterocycles. The van der Waals surface area contributed by atoms with Crippen molar-refractivity contribution in [2.75, 3.05) is 51.7 Å². The number of guanidine groups is 1. The second-order valence-electron chi connectivity index (χ2n) is 8.50. The molecule has 32 heavy (non-hydrogen) atoms. The minimum absolute atomic E-state index is 0.172. The SMILES string of the molecule is CN=C(NCCC(=O)N1CCN(c2ccccn2)CC1)N(C)Cc1cn(C)nc1C(C)C. The Morgan fingerprint density at radius 3 is 2.62 bits per heavy atom. The lowest BCUT2D eigenvalue weighted by Gasteiger charge is -2.35. The van der Waals surface area contributed by atoms with Gasteiger partial charge in [-0.25, -0.2) is 4.98 Å². The van der Waals surface area contributed by atoms with Gasteiger partial charge in [0, 0.05) is 84.8 Å². The molecular weight excluding hydrogens is 404 g/mol. The highest BCUT2D eigenvalue weighted by molar-refractivity contribution is 5.81. The van der Waals surface area contributed by atoms with E-state index < -0.39 is 0 Å². The van der Waals surface area contributed by atoms with Gasteiger partial charge in [-0.15, -0.1) is 0 Å². The fourth-order valence-electron chi connectivity index (χ4n) is 4.04. The highest BCUT2D eigenvalue weighted by Gasteiger charge is 2.22. The molecule has 0 saturated carbocycles. The molecule has 3 heterocycles. The van der Waals surface area contributed by atoms with Crippen LogP contribution in [0.3, 0.4) is 0 Å². The summed E-state index contributed by atoms with van der Waals surface area (Å²) >= 11 is 0. The molecule has 3 rings (SSSR count). The lowest BCUT2D eigenvalue weighted by atomic mass is 10.1. The van der Waals surface area contributed by atoms with E-state index >= 15 is 0 Å². The van der Waals surface area contributed by atoms with Crippen LogP contribution in [0.1, 0.15) is 37.4 Å². The highest BCUT2D eigenvalue weighted by Crippen LogP contribution is 2.18. The van der Waals surface area contributed by atoms with Crippen molar-refractivity contribution in [3.05, 3.63) is 41.9 Å². The van der Waals surface area contributed by atoms with Crippen molar-refractivity contribution in [1.82, 2.24) is 29.9 Å². The third-order valence-electron chi connectivity index (χ3n) is 5.69. The minimum atomic E-state index is 0.172. The molecule has 1 aliphatic rings. The van der Waals surface area contributed by atoms with Gasteiger partial charge in [0.2, 0.25) is 5.91 Å². The first-order chi connectivity index (χ1) is 15.4. The summed E-state index contributed by atoms with van der Waals surface area (Å²) in [6.07, 6.45) is 4.31. The largest absolute Gasteiger partial charge is 0.356 e. The molecule has 2 aromatic heterocycles. The Morgan fingerprint density at radius 1 is 1.25 bits per heavy atom. The van der Waals surface area contributed by atoms with E-state index in [0.717, 1.165) is 43.7 Å². The Bertz CT molecular complexity index is 900. The van der Waals surface area contributed by atoms with Crippen molar-refractivity contribution >= 4 is 17.7 Å². The van der Waals surface area contributed by atoms with Gasteiger partial charge < -0.3 is 20.0 Å². The summed E-state index contributed by atoms with van der Waals surface area (Å²) in [7, 11) is 5.72. The molecule has 0 spiro atoms. The number of hydrogen-bond acceptors (Lipinski definition) is 5. The van der Waals surface area contributed by atoms with Crippen LogP contribution in [0.5, 0.6) is 0 Å². The lowest BCUT2D eigenvalue weighted by molar-refractivity contribution is -0.131. The summed E-state index contributed by atoms with van der Waals surface area (Å²) < 4.78 is 1.86. The molecule has 2 aromatic rings. The zero-order chi connectivity index (χ0) is 23.1. The van der Waals surface area contributed by atoms with Gasteiger partial charge in [-0.2, -0.15) is 5.10 Å². The number of carbonyl (C=O) groups excluding carboxylic acids is 1. The number of nitrogens with one attached hydrogen (secondary N) is 1. The maximum absolute atomic E-state index is 12.7. The molecule has 1 saturated heterocycles. The number of piperazine rings is 1. The predicted octanol–water partition coefficient (Wildman–Crippen LogP) is 1.68. The molecule has 1 fully saturated rings. The van der Waals surface area contributed by atoms with Gasteiger partial charge in [0.15, 0.2) is 5.96 Å². The average Bonchev–Trinajstić information content (AvgIpc) is 3.17. The van der Waals surface area contributed by atoms with E-state index in [4.69, 9.17) is 0 Å². The van der Waals surface area contributed by atoms with Crippen LogP contribution in [-0.4, -0.2) is 83.3 Å². The summed E-state index contributed by atoms with van der Waals surface area (Å²) in [4.78, 5) is 27.7. The smallest absolute Gasteiger partial charge is 0.224 e. The molecule has 9 heteroatoms. The second-order valence-corrected chi connectivity index (χ2v) is 8.50. The summed E-state index contributed by atoms with van der Waals surface area (Å²) in [6, 6.07) is 5.92. The molecule has 0 aromatic carbocycles. The van der Waals surface area contributed by atoms with Crippen LogP contribution in [-0.2, 0) is 18.4 Å². The minimum Gasteiger partial charge on any atom is -0.356 e. The normalized spacial score (nSPS) is 14.8. The lowest BCUT2D eigenvalue weighted by Crippen LogP contribution is -2.49. The van der Waals surface area contributed by atoms with E-state index in [2.05, 4.69) is 50.2 Å². The maximum atomic E-state index is 12.7. The van der Waals surface area contributed by atoms with Gasteiger partial charge >= 0.3 is 0 Å². The first-order valence-electron chi connectivity index (χ1n) is 11.3. The monoisotopic (exact) mass is 440 g/mol. The number of hydrogen-bond donors (Lipinski definition) is 1. The molecule has 0 aliphatic carbocycles. The number of aliphatic imine (C=N–C) groups is 1. The van der Waals surface area contributed by atoms with Crippen LogP contribution in [0.15, 0.2) is 35.6 Å². The van der Waals surface area contributed by atoms with Crippen LogP contribution in [0.25, 0.3) is 0 Å². The summed E-state index contributed by atoms with van der Waals surface area (Å²) in [5.41, 5.74) is 2.30. The summed E-state index contributed by atoms with van der Waals surface area (Å²) in [5.74, 6) is 2.29. The van der Waals surface area contributed by atoms with Crippen molar-refractivity contribution < 1.29 is 4.79 Å². The number of pyridine rings is 1. The Kier molecular flexibility index (Phi) is 8.08. The van der Waals surface area contributed by atoms with Crippen LogP contribution in [0, 0.1) is 0 Å². The maximum Gasteiger partial charge on any atom is 0.224 e. The van der Waals surface area contributed by atoms with Crippen LogP contribution >= 0.6 is 0 Å². The Hall–Kier alpha value is -3.10. The van der Waals surface area contributed by atoms with E-state index in [1.54, 1.807) is 13.2 Å². The van der Waals surface area contributed by atoms with Crippen LogP contribution in [0.4, 0.5) is 5.82 Å². The molecule has 1 N–H and O–H groups in total. The van der Waals surface area contributed by atoms with Gasteiger partial charge in [0.05, 0.1) is 5.69 Å². The van der Waals surface area contributed by atoms with Crippen molar-refractivity contribution in [2.24, 2.45) is 12.0 Å². The summed E-state index contributed by atoms with van der Waals surface area (Å²) in [5, 5.41) is 7.91. The molecule has 0 bridgehead atoms. The highest BCUT2D eigenvalue weighted by atomic mass is 16.2. The Labute approximate surface area is 191 Å². The van der Waals surface area contributed by atoms with Crippen molar-refractivity contribution in [2.45, 2.75) is 32.7 Å². The fourth-order valence-corrected chi connectivity index (χ4v) is 4.04. The predicted molar refractivity (Wildman–Crippen MR) is 128 cm³/mol. The number of rotatable bonds is 7. The standard InChI is InChI=1S/C23H36N8O/c1-18(2)22-19(17-29(5)27-22)16-28(4)23(24-3)26-11-9-21(32)31-14-12-30(13-15-31)20-8-6-7-10-25-20/h6-8,10,17-18H,9,11-16H2,1-5H3,(H,24,26). The van der Waals surface area contributed by atoms with E-state index in [-0.39, 0.29) is 5.91 Å². The first kappa shape index (κ1) is 23.6. The van der Waals surface area contributed by atoms with Gasteiger partial charge in [-0.3, -0.25) is 14.5 Å². The number of aryl methyl sites for hydroxylation is 1. The number of amides is 1. The molecule has 0 unspecified atom stereocenters. The molecular formula is C23H36N8O. The zero-order valence-electron chi connectivity index (χ0n) is 20.0. The third-order valence-corrected chi connectivity index (χ3v) is 5.69. The third kappa shape index (κ3) is 5.99. The Balaban J connectivity index is 1.44.